The number of pyridine rings is 1. The van der Waals surface area contributed by atoms with Crippen molar-refractivity contribution >= 4 is 29.1 Å². The molecule has 2 aliphatic heterocycles. The zero-order valence-electron chi connectivity index (χ0n) is 19.8. The molecule has 3 amide bonds. The van der Waals surface area contributed by atoms with E-state index in [0.29, 0.717) is 28.7 Å². The van der Waals surface area contributed by atoms with Crippen molar-refractivity contribution in [2.24, 2.45) is 5.92 Å². The molecule has 7 nitrogen and oxygen atoms in total. The van der Waals surface area contributed by atoms with Gasteiger partial charge in [0, 0.05) is 19.3 Å². The molecule has 0 saturated carbocycles. The average Bonchev–Trinajstić information content (AvgIpc) is 2.98. The maximum absolute atomic E-state index is 13.7. The van der Waals surface area contributed by atoms with Crippen molar-refractivity contribution in [3.8, 4) is 0 Å². The first-order valence-electron chi connectivity index (χ1n) is 12.3. The van der Waals surface area contributed by atoms with Gasteiger partial charge in [-0.3, -0.25) is 4.79 Å². The third kappa shape index (κ3) is 5.19. The van der Waals surface area contributed by atoms with Gasteiger partial charge in [-0.25, -0.2) is 14.7 Å². The third-order valence-electron chi connectivity index (χ3n) is 6.94. The first kappa shape index (κ1) is 23.2. The fraction of sp³-hybridized carbons (Fsp3) is 0.500. The van der Waals surface area contributed by atoms with Gasteiger partial charge in [0.05, 0.1) is 16.9 Å². The first-order chi connectivity index (χ1) is 16.1. The number of urea groups is 1. The van der Waals surface area contributed by atoms with Gasteiger partial charge in [-0.05, 0) is 69.1 Å². The van der Waals surface area contributed by atoms with Crippen LogP contribution < -0.4 is 10.2 Å². The van der Waals surface area contributed by atoms with Crippen LogP contribution in [-0.2, 0) is 0 Å². The number of carbonyl (C=O) groups is 2. The quantitative estimate of drug-likeness (QED) is 0.595. The van der Waals surface area contributed by atoms with Crippen molar-refractivity contribution < 1.29 is 9.59 Å². The van der Waals surface area contributed by atoms with Gasteiger partial charge in [0.25, 0.3) is 5.91 Å². The molecule has 1 saturated heterocycles. The molecule has 0 spiro atoms. The molecule has 3 heterocycles. The number of benzene rings is 1. The molecule has 4 rings (SSSR count). The number of aromatic nitrogens is 1. The van der Waals surface area contributed by atoms with Crippen LogP contribution in [0.1, 0.15) is 56.3 Å². The minimum atomic E-state index is -0.224. The molecule has 0 bridgehead atoms. The molecule has 0 radical (unpaired) electrons. The lowest BCUT2D eigenvalue weighted by atomic mass is 9.91. The van der Waals surface area contributed by atoms with Gasteiger partial charge in [-0.15, -0.1) is 0 Å². The van der Waals surface area contributed by atoms with E-state index in [1.54, 1.807) is 29.3 Å². The maximum Gasteiger partial charge on any atom is 0.330 e. The third-order valence-corrected chi connectivity index (χ3v) is 6.94. The summed E-state index contributed by atoms with van der Waals surface area (Å²) in [5.74, 6) is 0.925. The molecule has 0 aliphatic carbocycles. The van der Waals surface area contributed by atoms with Crippen LogP contribution in [0.4, 0.5) is 22.0 Å². The van der Waals surface area contributed by atoms with E-state index in [2.05, 4.69) is 29.0 Å². The van der Waals surface area contributed by atoms with Gasteiger partial charge >= 0.3 is 6.03 Å². The molecule has 1 fully saturated rings. The van der Waals surface area contributed by atoms with E-state index in [-0.39, 0.29) is 11.9 Å². The summed E-state index contributed by atoms with van der Waals surface area (Å²) in [6.07, 6.45) is 7.44. The summed E-state index contributed by atoms with van der Waals surface area (Å²) in [5, 5.41) is 2.90. The molecular weight excluding hydrogens is 414 g/mol. The number of hydrogen-bond donors (Lipinski definition) is 1. The zero-order chi connectivity index (χ0) is 23.2. The number of nitrogens with zero attached hydrogens (tertiary/aromatic N) is 4. The molecule has 2 aromatic rings. The van der Waals surface area contributed by atoms with E-state index in [1.807, 2.05) is 23.1 Å². The lowest BCUT2D eigenvalue weighted by molar-refractivity contribution is 0.102. The van der Waals surface area contributed by atoms with Gasteiger partial charge in [0.1, 0.15) is 0 Å². The van der Waals surface area contributed by atoms with Crippen molar-refractivity contribution in [2.75, 3.05) is 42.9 Å². The van der Waals surface area contributed by atoms with Crippen molar-refractivity contribution in [1.82, 2.24) is 14.8 Å². The number of rotatable bonds is 7. The highest BCUT2D eigenvalue weighted by Crippen LogP contribution is 2.37. The van der Waals surface area contributed by atoms with Crippen molar-refractivity contribution in [3.05, 3.63) is 48.2 Å². The lowest BCUT2D eigenvalue weighted by Gasteiger charge is -2.35. The predicted molar refractivity (Wildman–Crippen MR) is 132 cm³/mol. The van der Waals surface area contributed by atoms with E-state index in [0.717, 1.165) is 39.0 Å². The second-order valence-electron chi connectivity index (χ2n) is 8.92. The largest absolute Gasteiger partial charge is 0.330 e. The van der Waals surface area contributed by atoms with E-state index >= 15 is 0 Å². The molecule has 0 atom stereocenters. The minimum absolute atomic E-state index is 0.112. The number of carbonyl (C=O) groups excluding carboxylic acids is 2. The second-order valence-corrected chi connectivity index (χ2v) is 8.92. The standard InChI is InChI=1S/C26H35N5O2/c1-3-29(4-2)17-8-7-10-20-14-18-30(19-15-20)26(33)31-23-13-6-5-11-21(23)25(32)28-22-12-9-16-27-24(22)31/h5-6,9,11-13,16,20H,3-4,7-8,10,14-15,17-19H2,1-2H3,(H,28,32). The van der Waals surface area contributed by atoms with Crippen LogP contribution in [0, 0.1) is 5.92 Å². The smallest absolute Gasteiger partial charge is 0.324 e. The summed E-state index contributed by atoms with van der Waals surface area (Å²) in [6, 6.07) is 10.7. The summed E-state index contributed by atoms with van der Waals surface area (Å²) >= 11 is 0. The highest BCUT2D eigenvalue weighted by Gasteiger charge is 2.34. The average molecular weight is 450 g/mol. The minimum Gasteiger partial charge on any atom is -0.324 e. The summed E-state index contributed by atoms with van der Waals surface area (Å²) in [5.41, 5.74) is 1.61. The van der Waals surface area contributed by atoms with Crippen LogP contribution in [0.2, 0.25) is 0 Å². The Labute approximate surface area is 196 Å². The number of nitrogens with one attached hydrogen (secondary N) is 1. The molecule has 2 aliphatic rings. The highest BCUT2D eigenvalue weighted by atomic mass is 16.2. The topological polar surface area (TPSA) is 68.8 Å². The van der Waals surface area contributed by atoms with E-state index < -0.39 is 0 Å². The van der Waals surface area contributed by atoms with Crippen LogP contribution >= 0.6 is 0 Å². The molecule has 7 heteroatoms. The van der Waals surface area contributed by atoms with Crippen molar-refractivity contribution in [2.45, 2.75) is 46.0 Å². The number of anilines is 3. The Morgan fingerprint density at radius 2 is 1.85 bits per heavy atom. The molecule has 1 aromatic heterocycles. The van der Waals surface area contributed by atoms with Gasteiger partial charge < -0.3 is 15.1 Å². The van der Waals surface area contributed by atoms with Crippen molar-refractivity contribution in [1.29, 1.82) is 0 Å². The fourth-order valence-electron chi connectivity index (χ4n) is 4.89. The monoisotopic (exact) mass is 449 g/mol. The Kier molecular flexibility index (Phi) is 7.60. The fourth-order valence-corrected chi connectivity index (χ4v) is 4.89. The molecule has 176 valence electrons. The maximum atomic E-state index is 13.7. The van der Waals surface area contributed by atoms with Gasteiger partial charge in [-0.1, -0.05) is 38.8 Å². The number of para-hydroxylation sites is 1. The second kappa shape index (κ2) is 10.8. The van der Waals surface area contributed by atoms with Gasteiger partial charge in [0.15, 0.2) is 5.82 Å². The van der Waals surface area contributed by atoms with Crippen LogP contribution in [0.3, 0.4) is 0 Å². The number of piperidine rings is 1. The predicted octanol–water partition coefficient (Wildman–Crippen LogP) is 5.13. The van der Waals surface area contributed by atoms with Crippen LogP contribution in [0.25, 0.3) is 0 Å². The van der Waals surface area contributed by atoms with E-state index in [1.165, 1.54) is 25.8 Å². The summed E-state index contributed by atoms with van der Waals surface area (Å²) < 4.78 is 0. The Morgan fingerprint density at radius 1 is 1.09 bits per heavy atom. The van der Waals surface area contributed by atoms with Gasteiger partial charge in [0.2, 0.25) is 0 Å². The summed E-state index contributed by atoms with van der Waals surface area (Å²) in [7, 11) is 0. The lowest BCUT2D eigenvalue weighted by Crippen LogP contribution is -2.45. The molecule has 0 unspecified atom stereocenters. The van der Waals surface area contributed by atoms with Gasteiger partial charge in [-0.2, -0.15) is 0 Å². The normalized spacial score (nSPS) is 16.3. The SMILES string of the molecule is CCN(CC)CCCCC1CCN(C(=O)N2c3ccccc3C(=O)Nc3cccnc32)CC1. The Morgan fingerprint density at radius 3 is 2.61 bits per heavy atom. The summed E-state index contributed by atoms with van der Waals surface area (Å²) in [6.45, 7) is 9.34. The first-order valence-corrected chi connectivity index (χ1v) is 12.3. The number of unbranched alkanes of at least 4 members (excludes halogenated alkanes) is 1. The van der Waals surface area contributed by atoms with Crippen LogP contribution in [-0.4, -0.2) is 59.4 Å². The van der Waals surface area contributed by atoms with Crippen molar-refractivity contribution in [3.63, 3.8) is 0 Å². The Hall–Kier alpha value is -2.93. The Bertz CT molecular complexity index is 967. The van der Waals surface area contributed by atoms with E-state index in [9.17, 15) is 9.59 Å². The molecular formula is C26H35N5O2. The molecule has 33 heavy (non-hydrogen) atoms. The molecule has 1 aromatic carbocycles. The van der Waals surface area contributed by atoms with Crippen LogP contribution in [0.15, 0.2) is 42.6 Å². The number of likely N-dealkylation sites (tertiary alicyclic amines) is 1. The highest BCUT2D eigenvalue weighted by molar-refractivity contribution is 6.16. The number of amides is 3. The Balaban J connectivity index is 1.42. The number of fused-ring (bicyclic) bond motifs is 2. The van der Waals surface area contributed by atoms with E-state index in [4.69, 9.17) is 0 Å². The number of hydrogen-bond acceptors (Lipinski definition) is 4. The van der Waals surface area contributed by atoms with Crippen LogP contribution in [0.5, 0.6) is 0 Å². The summed E-state index contributed by atoms with van der Waals surface area (Å²) in [4.78, 5) is 36.9. The molecule has 1 N–H and O–H groups in total. The zero-order valence-corrected chi connectivity index (χ0v) is 19.8.